The van der Waals surface area contributed by atoms with E-state index in [1.165, 1.54) is 18.3 Å². The number of hydrogen-bond donors (Lipinski definition) is 0. The molecule has 1 aliphatic heterocycles. The minimum atomic E-state index is -3.73. The Hall–Kier alpha value is -2.72. The number of hydrogen-bond acceptors (Lipinski definition) is 7. The summed E-state index contributed by atoms with van der Waals surface area (Å²) in [4.78, 5) is 26.2. The van der Waals surface area contributed by atoms with Crippen molar-refractivity contribution in [3.8, 4) is 5.75 Å². The lowest BCUT2D eigenvalue weighted by atomic mass is 10.0. The van der Waals surface area contributed by atoms with Crippen molar-refractivity contribution in [1.29, 1.82) is 0 Å². The van der Waals surface area contributed by atoms with Crippen molar-refractivity contribution in [1.82, 2.24) is 14.4 Å². The first kappa shape index (κ1) is 22.0. The Bertz CT molecular complexity index is 1050. The normalized spacial score (nSPS) is 15.3. The molecule has 2 aromatic rings. The van der Waals surface area contributed by atoms with E-state index in [1.54, 1.807) is 36.9 Å². The Kier molecular flexibility index (Phi) is 6.27. The van der Waals surface area contributed by atoms with Crippen molar-refractivity contribution in [3.05, 3.63) is 40.8 Å². The van der Waals surface area contributed by atoms with Gasteiger partial charge in [0.1, 0.15) is 16.3 Å². The number of piperazine rings is 1. The second-order valence-corrected chi connectivity index (χ2v) is 9.07. The van der Waals surface area contributed by atoms with E-state index >= 15 is 0 Å². The molecule has 2 heterocycles. The summed E-state index contributed by atoms with van der Waals surface area (Å²) in [5.74, 6) is 0.546. The number of rotatable bonds is 6. The first-order chi connectivity index (χ1) is 14.1. The SMILES string of the molecule is COc1ccc(C(C)=O)cc1CC(=O)N1CCN(S(=O)(=O)c2c(C)noc2C)CC1. The zero-order valence-corrected chi connectivity index (χ0v) is 18.3. The lowest BCUT2D eigenvalue weighted by molar-refractivity contribution is -0.131. The number of methoxy groups -OCH3 is 1. The van der Waals surface area contributed by atoms with Crippen LogP contribution in [0.5, 0.6) is 5.75 Å². The average Bonchev–Trinajstić information content (AvgIpc) is 3.06. The van der Waals surface area contributed by atoms with Crippen LogP contribution in [-0.4, -0.2) is 67.8 Å². The highest BCUT2D eigenvalue weighted by atomic mass is 32.2. The predicted octanol–water partition coefficient (Wildman–Crippen LogP) is 1.58. The Labute approximate surface area is 175 Å². The first-order valence-electron chi connectivity index (χ1n) is 9.53. The third-order valence-electron chi connectivity index (χ3n) is 5.19. The summed E-state index contributed by atoms with van der Waals surface area (Å²) in [6.45, 7) is 5.53. The summed E-state index contributed by atoms with van der Waals surface area (Å²) in [5, 5.41) is 3.72. The molecule has 1 aromatic heterocycles. The molecule has 0 spiro atoms. The molecule has 1 fully saturated rings. The maximum Gasteiger partial charge on any atom is 0.248 e. The van der Waals surface area contributed by atoms with Crippen LogP contribution < -0.4 is 4.74 Å². The molecule has 0 N–H and O–H groups in total. The highest BCUT2D eigenvalue weighted by Gasteiger charge is 2.34. The van der Waals surface area contributed by atoms with Crippen LogP contribution in [0.3, 0.4) is 0 Å². The fourth-order valence-electron chi connectivity index (χ4n) is 3.56. The molecule has 162 valence electrons. The van der Waals surface area contributed by atoms with Crippen LogP contribution in [0.15, 0.2) is 27.6 Å². The van der Waals surface area contributed by atoms with Gasteiger partial charge < -0.3 is 14.2 Å². The molecule has 30 heavy (non-hydrogen) atoms. The number of aromatic nitrogens is 1. The van der Waals surface area contributed by atoms with Gasteiger partial charge >= 0.3 is 0 Å². The number of Topliss-reactive ketones (excluding diaryl/α,β-unsaturated/α-hetero) is 1. The van der Waals surface area contributed by atoms with Crippen LogP contribution >= 0.6 is 0 Å². The topological polar surface area (TPSA) is 110 Å². The van der Waals surface area contributed by atoms with E-state index in [4.69, 9.17) is 9.26 Å². The molecule has 3 rings (SSSR count). The molecule has 9 nitrogen and oxygen atoms in total. The number of carbonyl (C=O) groups is 2. The van der Waals surface area contributed by atoms with E-state index in [1.807, 2.05) is 0 Å². The number of ether oxygens (including phenoxy) is 1. The average molecular weight is 436 g/mol. The highest BCUT2D eigenvalue weighted by molar-refractivity contribution is 7.89. The molecular formula is C20H25N3O6S. The lowest BCUT2D eigenvalue weighted by Gasteiger charge is -2.34. The van der Waals surface area contributed by atoms with Crippen molar-refractivity contribution in [2.45, 2.75) is 32.1 Å². The highest BCUT2D eigenvalue weighted by Crippen LogP contribution is 2.25. The fraction of sp³-hybridized carbons (Fsp3) is 0.450. The smallest absolute Gasteiger partial charge is 0.248 e. The Morgan fingerprint density at radius 3 is 2.37 bits per heavy atom. The van der Waals surface area contributed by atoms with Gasteiger partial charge in [0.2, 0.25) is 15.9 Å². The van der Waals surface area contributed by atoms with Gasteiger partial charge in [0.15, 0.2) is 11.5 Å². The molecule has 1 amide bonds. The lowest BCUT2D eigenvalue weighted by Crippen LogP contribution is -2.51. The maximum absolute atomic E-state index is 12.9. The Morgan fingerprint density at radius 1 is 1.17 bits per heavy atom. The predicted molar refractivity (Wildman–Crippen MR) is 108 cm³/mol. The maximum atomic E-state index is 12.9. The summed E-state index contributed by atoms with van der Waals surface area (Å²) in [5.41, 5.74) is 1.46. The van der Waals surface area contributed by atoms with Crippen LogP contribution in [0.1, 0.15) is 34.3 Å². The van der Waals surface area contributed by atoms with Gasteiger partial charge in [0.25, 0.3) is 0 Å². The van der Waals surface area contributed by atoms with Crippen LogP contribution in [0.4, 0.5) is 0 Å². The number of amides is 1. The van der Waals surface area contributed by atoms with Gasteiger partial charge in [-0.15, -0.1) is 0 Å². The van der Waals surface area contributed by atoms with Crippen molar-refractivity contribution >= 4 is 21.7 Å². The van der Waals surface area contributed by atoms with E-state index in [0.29, 0.717) is 22.6 Å². The summed E-state index contributed by atoms with van der Waals surface area (Å²) in [6.07, 6.45) is 0.0703. The van der Waals surface area contributed by atoms with E-state index in [0.717, 1.165) is 0 Å². The second-order valence-electron chi connectivity index (χ2n) is 7.20. The molecule has 0 unspecified atom stereocenters. The van der Waals surface area contributed by atoms with E-state index in [2.05, 4.69) is 5.16 Å². The minimum Gasteiger partial charge on any atom is -0.496 e. The third kappa shape index (κ3) is 4.24. The molecule has 0 atom stereocenters. The van der Waals surface area contributed by atoms with Gasteiger partial charge in [-0.2, -0.15) is 4.31 Å². The van der Waals surface area contributed by atoms with Gasteiger partial charge in [0, 0.05) is 37.3 Å². The molecule has 1 aromatic carbocycles. The molecular weight excluding hydrogens is 410 g/mol. The number of sulfonamides is 1. The van der Waals surface area contributed by atoms with Crippen molar-refractivity contribution in [3.63, 3.8) is 0 Å². The van der Waals surface area contributed by atoms with Gasteiger partial charge in [-0.1, -0.05) is 5.16 Å². The number of benzene rings is 1. The Morgan fingerprint density at radius 2 is 1.83 bits per heavy atom. The molecule has 1 saturated heterocycles. The standard InChI is InChI=1S/C20H25N3O6S/c1-13-20(15(3)29-21-13)30(26,27)23-9-7-22(8-10-23)19(25)12-17-11-16(14(2)24)5-6-18(17)28-4/h5-6,11H,7-10,12H2,1-4H3. The van der Waals surface area contributed by atoms with Gasteiger partial charge in [-0.3, -0.25) is 9.59 Å². The van der Waals surface area contributed by atoms with E-state index in [-0.39, 0.29) is 54.9 Å². The molecule has 0 radical (unpaired) electrons. The summed E-state index contributed by atoms with van der Waals surface area (Å²) < 4.78 is 37.5. The van der Waals surface area contributed by atoms with Crippen molar-refractivity contribution in [2.24, 2.45) is 0 Å². The molecule has 0 bridgehead atoms. The van der Waals surface area contributed by atoms with Crippen LogP contribution in [0, 0.1) is 13.8 Å². The van der Waals surface area contributed by atoms with Crippen molar-refractivity contribution in [2.75, 3.05) is 33.3 Å². The third-order valence-corrected chi connectivity index (χ3v) is 7.33. The molecule has 0 saturated carbocycles. The summed E-state index contributed by atoms with van der Waals surface area (Å²) in [6, 6.07) is 5.00. The van der Waals surface area contributed by atoms with E-state index < -0.39 is 10.0 Å². The minimum absolute atomic E-state index is 0.0703. The second kappa shape index (κ2) is 8.57. The quantitative estimate of drug-likeness (QED) is 0.634. The summed E-state index contributed by atoms with van der Waals surface area (Å²) >= 11 is 0. The Balaban J connectivity index is 1.69. The van der Waals surface area contributed by atoms with Gasteiger partial charge in [0.05, 0.1) is 13.5 Å². The molecule has 0 aliphatic carbocycles. The largest absolute Gasteiger partial charge is 0.496 e. The fourth-order valence-corrected chi connectivity index (χ4v) is 5.27. The molecule has 1 aliphatic rings. The zero-order valence-electron chi connectivity index (χ0n) is 17.5. The first-order valence-corrected chi connectivity index (χ1v) is 11.0. The van der Waals surface area contributed by atoms with Crippen molar-refractivity contribution < 1.29 is 27.3 Å². The van der Waals surface area contributed by atoms with Crippen LogP contribution in [0.2, 0.25) is 0 Å². The number of nitrogens with zero attached hydrogens (tertiary/aromatic N) is 3. The van der Waals surface area contributed by atoms with Gasteiger partial charge in [-0.25, -0.2) is 8.42 Å². The number of aryl methyl sites for hydroxylation is 2. The molecule has 10 heteroatoms. The zero-order chi connectivity index (χ0) is 22.1. The van der Waals surface area contributed by atoms with Gasteiger partial charge in [-0.05, 0) is 39.0 Å². The summed E-state index contributed by atoms with van der Waals surface area (Å²) in [7, 11) is -2.22. The number of ketones is 1. The monoisotopic (exact) mass is 435 g/mol. The number of carbonyl (C=O) groups excluding carboxylic acids is 2. The van der Waals surface area contributed by atoms with Crippen LogP contribution in [0.25, 0.3) is 0 Å². The van der Waals surface area contributed by atoms with E-state index in [9.17, 15) is 18.0 Å². The van der Waals surface area contributed by atoms with Crippen LogP contribution in [-0.2, 0) is 21.2 Å².